The van der Waals surface area contributed by atoms with Crippen LogP contribution in [0.25, 0.3) is 0 Å². The van der Waals surface area contributed by atoms with Gasteiger partial charge in [-0.1, -0.05) is 0 Å². The molecule has 15 heavy (non-hydrogen) atoms. The van der Waals surface area contributed by atoms with E-state index >= 15 is 0 Å². The molecule has 0 aliphatic carbocycles. The van der Waals surface area contributed by atoms with Gasteiger partial charge >= 0.3 is 0 Å². The van der Waals surface area contributed by atoms with Crippen molar-refractivity contribution in [3.05, 3.63) is 23.5 Å². The Morgan fingerprint density at radius 3 is 2.73 bits per heavy atom. The Morgan fingerprint density at radius 1 is 1.47 bits per heavy atom. The maximum Gasteiger partial charge on any atom is 0.264 e. The molecule has 0 atom stereocenters. The predicted molar refractivity (Wildman–Crippen MR) is 56.4 cm³/mol. The molecule has 1 aliphatic heterocycles. The monoisotopic (exact) mass is 249 g/mol. The number of benzene rings is 1. The Bertz CT molecular complexity index is 515. The normalized spacial score (nSPS) is 15.5. The number of anilines is 1. The van der Waals surface area contributed by atoms with E-state index in [1.807, 2.05) is 11.9 Å². The molecule has 82 valence electrons. The zero-order valence-electron chi connectivity index (χ0n) is 8.00. The van der Waals surface area contributed by atoms with Gasteiger partial charge in [-0.25, -0.2) is 12.8 Å². The minimum absolute atomic E-state index is 0.432. The van der Waals surface area contributed by atoms with Crippen LogP contribution >= 0.6 is 10.7 Å². The van der Waals surface area contributed by atoms with Crippen LogP contribution in [0.2, 0.25) is 0 Å². The fraction of sp³-hybridized carbons (Fsp3) is 0.333. The summed E-state index contributed by atoms with van der Waals surface area (Å²) in [5, 5.41) is 0. The third-order valence-electron chi connectivity index (χ3n) is 2.52. The molecule has 0 amide bonds. The van der Waals surface area contributed by atoms with Crippen LogP contribution < -0.4 is 4.90 Å². The lowest BCUT2D eigenvalue weighted by Crippen LogP contribution is -2.12. The summed E-state index contributed by atoms with van der Waals surface area (Å²) in [6, 6.07) is 2.54. The molecular weight excluding hydrogens is 241 g/mol. The number of halogens is 2. The van der Waals surface area contributed by atoms with Crippen molar-refractivity contribution in [2.75, 3.05) is 18.5 Å². The highest BCUT2D eigenvalue weighted by Gasteiger charge is 2.23. The van der Waals surface area contributed by atoms with E-state index in [1.54, 1.807) is 0 Å². The van der Waals surface area contributed by atoms with Crippen molar-refractivity contribution in [3.63, 3.8) is 0 Å². The Hall–Kier alpha value is -0.810. The molecular formula is C9H9ClFNO2S. The second kappa shape index (κ2) is 3.35. The average molecular weight is 250 g/mol. The number of rotatable bonds is 1. The molecule has 0 unspecified atom stereocenters. The zero-order chi connectivity index (χ0) is 11.2. The fourth-order valence-electron chi connectivity index (χ4n) is 1.74. The molecule has 0 radical (unpaired) electrons. The van der Waals surface area contributed by atoms with Gasteiger partial charge in [0.25, 0.3) is 9.05 Å². The molecule has 1 aromatic carbocycles. The SMILES string of the molecule is CN1CCc2cc(S(=O)(=O)Cl)c(F)cc21. The van der Waals surface area contributed by atoms with Crippen molar-refractivity contribution in [3.8, 4) is 0 Å². The van der Waals surface area contributed by atoms with E-state index in [-0.39, 0.29) is 0 Å². The van der Waals surface area contributed by atoms with Gasteiger partial charge in [-0.2, -0.15) is 0 Å². The highest BCUT2D eigenvalue weighted by atomic mass is 35.7. The molecule has 1 aliphatic rings. The molecule has 1 heterocycles. The molecule has 6 heteroatoms. The summed E-state index contributed by atoms with van der Waals surface area (Å²) in [7, 11) is 2.96. The molecule has 0 aromatic heterocycles. The minimum atomic E-state index is -3.99. The number of hydrogen-bond acceptors (Lipinski definition) is 3. The van der Waals surface area contributed by atoms with Crippen LogP contribution in [0.15, 0.2) is 17.0 Å². The lowest BCUT2D eigenvalue weighted by Gasteiger charge is -2.12. The van der Waals surface area contributed by atoms with Gasteiger partial charge in [0.15, 0.2) is 0 Å². The number of hydrogen-bond donors (Lipinski definition) is 0. The van der Waals surface area contributed by atoms with Gasteiger partial charge in [-0.05, 0) is 24.1 Å². The van der Waals surface area contributed by atoms with Crippen LogP contribution in [-0.2, 0) is 15.5 Å². The number of nitrogens with zero attached hydrogens (tertiary/aromatic N) is 1. The zero-order valence-corrected chi connectivity index (χ0v) is 9.57. The number of fused-ring (bicyclic) bond motifs is 1. The van der Waals surface area contributed by atoms with Gasteiger partial charge in [0, 0.05) is 30.0 Å². The highest BCUT2D eigenvalue weighted by molar-refractivity contribution is 8.13. The predicted octanol–water partition coefficient (Wildman–Crippen LogP) is 1.75. The molecule has 0 bridgehead atoms. The van der Waals surface area contributed by atoms with Crippen molar-refractivity contribution in [2.24, 2.45) is 0 Å². The lowest BCUT2D eigenvalue weighted by molar-refractivity contribution is 0.575. The van der Waals surface area contributed by atoms with Crippen molar-refractivity contribution in [1.29, 1.82) is 0 Å². The summed E-state index contributed by atoms with van der Waals surface area (Å²) in [5.41, 5.74) is 1.55. The first-order chi connectivity index (χ1) is 6.89. The van der Waals surface area contributed by atoms with Crippen molar-refractivity contribution in [1.82, 2.24) is 0 Å². The number of likely N-dealkylation sites (N-methyl/N-ethyl adjacent to an activating group) is 1. The fourth-order valence-corrected chi connectivity index (χ4v) is 2.67. The topological polar surface area (TPSA) is 37.4 Å². The van der Waals surface area contributed by atoms with E-state index in [4.69, 9.17) is 10.7 Å². The third kappa shape index (κ3) is 1.81. The van der Waals surface area contributed by atoms with Gasteiger partial charge < -0.3 is 4.90 Å². The molecule has 0 N–H and O–H groups in total. The molecule has 0 saturated heterocycles. The van der Waals surface area contributed by atoms with E-state index in [0.29, 0.717) is 6.42 Å². The second-order valence-corrected chi connectivity index (χ2v) is 6.06. The van der Waals surface area contributed by atoms with E-state index in [0.717, 1.165) is 17.8 Å². The van der Waals surface area contributed by atoms with Gasteiger partial charge in [-0.3, -0.25) is 0 Å². The maximum atomic E-state index is 13.4. The van der Waals surface area contributed by atoms with Crippen LogP contribution in [0, 0.1) is 5.82 Å². The molecule has 0 saturated carbocycles. The third-order valence-corrected chi connectivity index (χ3v) is 3.86. The quantitative estimate of drug-likeness (QED) is 0.712. The Kier molecular flexibility index (Phi) is 2.39. The van der Waals surface area contributed by atoms with Crippen LogP contribution in [0.5, 0.6) is 0 Å². The smallest absolute Gasteiger partial charge is 0.264 e. The summed E-state index contributed by atoms with van der Waals surface area (Å²) in [4.78, 5) is 1.45. The Labute approximate surface area is 91.9 Å². The van der Waals surface area contributed by atoms with Gasteiger partial charge in [0.2, 0.25) is 0 Å². The van der Waals surface area contributed by atoms with Crippen molar-refractivity contribution >= 4 is 25.4 Å². The first kappa shape index (κ1) is 10.7. The van der Waals surface area contributed by atoms with Crippen LogP contribution in [-0.4, -0.2) is 22.0 Å². The summed E-state index contributed by atoms with van der Waals surface area (Å²) < 4.78 is 35.5. The molecule has 2 rings (SSSR count). The summed E-state index contributed by atoms with van der Waals surface area (Å²) in [6.07, 6.45) is 0.714. The average Bonchev–Trinajstić information content (AvgIpc) is 2.45. The van der Waals surface area contributed by atoms with Crippen LogP contribution in [0.3, 0.4) is 0 Å². The summed E-state index contributed by atoms with van der Waals surface area (Å²) >= 11 is 0. The standard InChI is InChI=1S/C9H9ClFNO2S/c1-12-3-2-6-4-9(15(10,13)14)7(11)5-8(6)12/h4-5H,2-3H2,1H3. The Morgan fingerprint density at radius 2 is 2.13 bits per heavy atom. The maximum absolute atomic E-state index is 13.4. The van der Waals surface area contributed by atoms with E-state index in [2.05, 4.69) is 0 Å². The van der Waals surface area contributed by atoms with Gasteiger partial charge in [-0.15, -0.1) is 0 Å². The summed E-state index contributed by atoms with van der Waals surface area (Å²) in [6.45, 7) is 0.764. The molecule has 3 nitrogen and oxygen atoms in total. The van der Waals surface area contributed by atoms with Crippen molar-refractivity contribution < 1.29 is 12.8 Å². The minimum Gasteiger partial charge on any atom is -0.374 e. The Balaban J connectivity index is 2.64. The van der Waals surface area contributed by atoms with E-state index < -0.39 is 19.8 Å². The first-order valence-corrected chi connectivity index (χ1v) is 6.69. The summed E-state index contributed by atoms with van der Waals surface area (Å²) in [5.74, 6) is -0.794. The first-order valence-electron chi connectivity index (χ1n) is 4.38. The van der Waals surface area contributed by atoms with Gasteiger partial charge in [0.1, 0.15) is 10.7 Å². The van der Waals surface area contributed by atoms with Crippen molar-refractivity contribution in [2.45, 2.75) is 11.3 Å². The lowest BCUT2D eigenvalue weighted by atomic mass is 10.2. The van der Waals surface area contributed by atoms with Gasteiger partial charge in [0.05, 0.1) is 0 Å². The van der Waals surface area contributed by atoms with E-state index in [9.17, 15) is 12.8 Å². The second-order valence-electron chi connectivity index (χ2n) is 3.52. The molecule has 1 aromatic rings. The highest BCUT2D eigenvalue weighted by Crippen LogP contribution is 2.32. The molecule has 0 spiro atoms. The van der Waals surface area contributed by atoms with Crippen LogP contribution in [0.1, 0.15) is 5.56 Å². The van der Waals surface area contributed by atoms with Crippen LogP contribution in [0.4, 0.5) is 10.1 Å². The van der Waals surface area contributed by atoms with E-state index in [1.165, 1.54) is 12.1 Å². The largest absolute Gasteiger partial charge is 0.374 e. The molecule has 0 fully saturated rings.